The number of nitrogens with zero attached hydrogens (tertiary/aromatic N) is 3. The van der Waals surface area contributed by atoms with Gasteiger partial charge in [0.25, 0.3) is 0 Å². The number of carbonyl (C=O) groups is 1. The van der Waals surface area contributed by atoms with Gasteiger partial charge in [-0.05, 0) is 55.5 Å². The predicted molar refractivity (Wildman–Crippen MR) is 119 cm³/mol. The zero-order chi connectivity index (χ0) is 21.1. The molecule has 2 saturated heterocycles. The van der Waals surface area contributed by atoms with Crippen molar-refractivity contribution in [3.63, 3.8) is 0 Å². The number of piperazine rings is 1. The van der Waals surface area contributed by atoms with Crippen molar-refractivity contribution in [1.29, 1.82) is 0 Å². The molecule has 0 saturated carbocycles. The van der Waals surface area contributed by atoms with Crippen LogP contribution in [0.15, 0.2) is 27.4 Å². The van der Waals surface area contributed by atoms with Crippen LogP contribution in [0.4, 0.5) is 0 Å². The minimum absolute atomic E-state index is 0.280. The maximum absolute atomic E-state index is 12.7. The molecule has 1 aromatic heterocycles. The van der Waals surface area contributed by atoms with E-state index in [0.717, 1.165) is 75.2 Å². The predicted octanol–water partition coefficient (Wildman–Crippen LogP) is 2.93. The van der Waals surface area contributed by atoms with E-state index in [4.69, 9.17) is 4.42 Å². The molecule has 2 fully saturated rings. The maximum atomic E-state index is 12.7. The summed E-state index contributed by atoms with van der Waals surface area (Å²) in [6, 6.07) is 5.72. The third kappa shape index (κ3) is 4.93. The average Bonchev–Trinajstić information content (AvgIpc) is 3.00. The first-order valence-corrected chi connectivity index (χ1v) is 11.3. The molecule has 2 aliphatic heterocycles. The zero-order valence-electron chi connectivity index (χ0n) is 18.3. The zero-order valence-corrected chi connectivity index (χ0v) is 18.3. The summed E-state index contributed by atoms with van der Waals surface area (Å²) in [5.41, 5.74) is 3.74. The molecule has 1 amide bonds. The van der Waals surface area contributed by atoms with Gasteiger partial charge in [-0.25, -0.2) is 4.79 Å². The lowest BCUT2D eigenvalue weighted by atomic mass is 10.0. The smallest absolute Gasteiger partial charge is 0.336 e. The highest BCUT2D eigenvalue weighted by Gasteiger charge is 2.23. The highest BCUT2D eigenvalue weighted by Crippen LogP contribution is 2.23. The van der Waals surface area contributed by atoms with Crippen molar-refractivity contribution in [2.45, 2.75) is 46.1 Å². The molecule has 0 bridgehead atoms. The van der Waals surface area contributed by atoms with Crippen molar-refractivity contribution >= 4 is 16.9 Å². The van der Waals surface area contributed by atoms with E-state index in [9.17, 15) is 9.59 Å². The Labute approximate surface area is 178 Å². The highest BCUT2D eigenvalue weighted by molar-refractivity contribution is 5.82. The minimum Gasteiger partial charge on any atom is -0.423 e. The Kier molecular flexibility index (Phi) is 6.54. The van der Waals surface area contributed by atoms with Crippen LogP contribution < -0.4 is 5.63 Å². The molecule has 0 aliphatic carbocycles. The van der Waals surface area contributed by atoms with E-state index in [2.05, 4.69) is 27.7 Å². The summed E-state index contributed by atoms with van der Waals surface area (Å²) >= 11 is 0. The molecule has 30 heavy (non-hydrogen) atoms. The Morgan fingerprint density at radius 3 is 2.20 bits per heavy atom. The Bertz CT molecular complexity index is 952. The SMILES string of the molecule is Cc1cc2oc(=O)cc(CN3CCN(CC(=O)N4CCCCCC4)CC3)c2cc1C. The minimum atomic E-state index is -0.289. The molecule has 6 heteroatoms. The Morgan fingerprint density at radius 2 is 1.50 bits per heavy atom. The third-order valence-electron chi connectivity index (χ3n) is 6.62. The van der Waals surface area contributed by atoms with Gasteiger partial charge in [0.15, 0.2) is 0 Å². The first-order chi connectivity index (χ1) is 14.5. The van der Waals surface area contributed by atoms with Gasteiger partial charge < -0.3 is 9.32 Å². The Hall–Kier alpha value is -2.18. The lowest BCUT2D eigenvalue weighted by Crippen LogP contribution is -2.49. The van der Waals surface area contributed by atoms with Gasteiger partial charge in [-0.2, -0.15) is 0 Å². The van der Waals surface area contributed by atoms with Crippen LogP contribution in [0.2, 0.25) is 0 Å². The van der Waals surface area contributed by atoms with E-state index < -0.39 is 0 Å². The number of fused-ring (bicyclic) bond motifs is 1. The van der Waals surface area contributed by atoms with Crippen molar-refractivity contribution in [3.8, 4) is 0 Å². The average molecular weight is 412 g/mol. The molecule has 0 radical (unpaired) electrons. The van der Waals surface area contributed by atoms with Gasteiger partial charge in [-0.3, -0.25) is 14.6 Å². The van der Waals surface area contributed by atoms with Crippen LogP contribution in [0.3, 0.4) is 0 Å². The van der Waals surface area contributed by atoms with Crippen LogP contribution in [0, 0.1) is 13.8 Å². The molecule has 0 spiro atoms. The number of carbonyl (C=O) groups excluding carboxylic acids is 1. The van der Waals surface area contributed by atoms with Crippen molar-refractivity contribution < 1.29 is 9.21 Å². The number of hydrogen-bond acceptors (Lipinski definition) is 5. The molecule has 1 aromatic carbocycles. The maximum Gasteiger partial charge on any atom is 0.336 e. The fourth-order valence-electron chi connectivity index (χ4n) is 4.57. The molecule has 0 atom stereocenters. The number of likely N-dealkylation sites (tertiary alicyclic amines) is 1. The summed E-state index contributed by atoms with van der Waals surface area (Å²) in [7, 11) is 0. The van der Waals surface area contributed by atoms with Crippen LogP contribution in [-0.4, -0.2) is 66.4 Å². The first kappa shape index (κ1) is 21.1. The van der Waals surface area contributed by atoms with E-state index in [1.165, 1.54) is 18.4 Å². The van der Waals surface area contributed by atoms with E-state index in [0.29, 0.717) is 12.1 Å². The summed E-state index contributed by atoms with van der Waals surface area (Å²) in [5, 5.41) is 1.02. The molecule has 4 rings (SSSR count). The van der Waals surface area contributed by atoms with Gasteiger partial charge >= 0.3 is 5.63 Å². The fourth-order valence-corrected chi connectivity index (χ4v) is 4.57. The topological polar surface area (TPSA) is 57.0 Å². The van der Waals surface area contributed by atoms with Crippen molar-refractivity contribution in [3.05, 3.63) is 45.3 Å². The summed E-state index contributed by atoms with van der Waals surface area (Å²) in [6.07, 6.45) is 4.76. The van der Waals surface area contributed by atoms with Gasteiger partial charge in [0.2, 0.25) is 5.91 Å². The van der Waals surface area contributed by atoms with Crippen LogP contribution in [0.25, 0.3) is 11.0 Å². The molecule has 0 unspecified atom stereocenters. The normalized spacial score (nSPS) is 19.2. The summed E-state index contributed by atoms with van der Waals surface area (Å²) in [6.45, 7) is 10.8. The van der Waals surface area contributed by atoms with Crippen molar-refractivity contribution in [2.75, 3.05) is 45.8 Å². The van der Waals surface area contributed by atoms with Crippen molar-refractivity contribution in [1.82, 2.24) is 14.7 Å². The first-order valence-electron chi connectivity index (χ1n) is 11.3. The van der Waals surface area contributed by atoms with E-state index in [-0.39, 0.29) is 11.5 Å². The molecule has 2 aliphatic rings. The lowest BCUT2D eigenvalue weighted by molar-refractivity contribution is -0.132. The Balaban J connectivity index is 1.36. The number of amides is 1. The molecule has 162 valence electrons. The van der Waals surface area contributed by atoms with Gasteiger partial charge in [-0.1, -0.05) is 12.8 Å². The summed E-state index contributed by atoms with van der Waals surface area (Å²) < 4.78 is 5.43. The monoisotopic (exact) mass is 411 g/mol. The number of hydrogen-bond donors (Lipinski definition) is 0. The van der Waals surface area contributed by atoms with Crippen LogP contribution >= 0.6 is 0 Å². The summed E-state index contributed by atoms with van der Waals surface area (Å²) in [5.74, 6) is 0.280. The number of rotatable bonds is 4. The molecule has 2 aromatic rings. The molecular formula is C24H33N3O3. The van der Waals surface area contributed by atoms with Gasteiger partial charge in [0.05, 0.1) is 6.54 Å². The Morgan fingerprint density at radius 1 is 0.867 bits per heavy atom. The van der Waals surface area contributed by atoms with Crippen LogP contribution in [0.5, 0.6) is 0 Å². The third-order valence-corrected chi connectivity index (χ3v) is 6.62. The van der Waals surface area contributed by atoms with Crippen LogP contribution in [-0.2, 0) is 11.3 Å². The molecule has 6 nitrogen and oxygen atoms in total. The van der Waals surface area contributed by atoms with Gasteiger partial charge in [0, 0.05) is 57.3 Å². The van der Waals surface area contributed by atoms with E-state index >= 15 is 0 Å². The van der Waals surface area contributed by atoms with Crippen molar-refractivity contribution in [2.24, 2.45) is 0 Å². The second kappa shape index (κ2) is 9.31. The standard InChI is InChI=1S/C24H33N3O3/c1-18-13-21-20(15-24(29)30-22(21)14-19(18)2)16-25-9-11-26(12-10-25)17-23(28)27-7-5-3-4-6-8-27/h13-15H,3-12,16-17H2,1-2H3. The summed E-state index contributed by atoms with van der Waals surface area (Å²) in [4.78, 5) is 31.4. The molecule has 0 N–H and O–H groups in total. The molecular weight excluding hydrogens is 378 g/mol. The van der Waals surface area contributed by atoms with E-state index in [1.54, 1.807) is 6.07 Å². The largest absolute Gasteiger partial charge is 0.423 e. The molecule has 3 heterocycles. The van der Waals surface area contributed by atoms with Gasteiger partial charge in [-0.15, -0.1) is 0 Å². The fraction of sp³-hybridized carbons (Fsp3) is 0.583. The van der Waals surface area contributed by atoms with Gasteiger partial charge in [0.1, 0.15) is 5.58 Å². The number of benzene rings is 1. The lowest BCUT2D eigenvalue weighted by Gasteiger charge is -2.35. The highest BCUT2D eigenvalue weighted by atomic mass is 16.4. The quantitative estimate of drug-likeness (QED) is 0.724. The second-order valence-corrected chi connectivity index (χ2v) is 8.87. The van der Waals surface area contributed by atoms with E-state index in [1.807, 2.05) is 13.0 Å². The number of aryl methyl sites for hydroxylation is 2. The second-order valence-electron chi connectivity index (χ2n) is 8.87. The van der Waals surface area contributed by atoms with Crippen LogP contribution in [0.1, 0.15) is 42.4 Å².